The van der Waals surface area contributed by atoms with Crippen molar-refractivity contribution in [3.05, 3.63) is 0 Å². The molecule has 1 aliphatic rings. The maximum Gasteiger partial charge on any atom is 0.124 e. The molecular weight excluding hydrogens is 153 g/mol. The van der Waals surface area contributed by atoms with Crippen LogP contribution >= 0.6 is 0 Å². The van der Waals surface area contributed by atoms with Crippen LogP contribution in [0.4, 0.5) is 4.39 Å². The minimum Gasteiger partial charge on any atom is -0.295 e. The average Bonchev–Trinajstić information content (AvgIpc) is 2.32. The van der Waals surface area contributed by atoms with Crippen molar-refractivity contribution in [3.8, 4) is 0 Å². The molecule has 1 nitrogen and oxygen atoms in total. The fourth-order valence-electron chi connectivity index (χ4n) is 1.70. The first-order chi connectivity index (χ1) is 5.37. The second-order valence-electron chi connectivity index (χ2n) is 4.85. The molecule has 1 saturated heterocycles. The zero-order chi connectivity index (χ0) is 9.41. The average molecular weight is 173 g/mol. The first-order valence-electron chi connectivity index (χ1n) is 4.81. The quantitative estimate of drug-likeness (QED) is 0.589. The Morgan fingerprint density at radius 3 is 2.25 bits per heavy atom. The molecule has 1 unspecified atom stereocenters. The van der Waals surface area contributed by atoms with E-state index in [4.69, 9.17) is 0 Å². The Bertz CT molecular complexity index is 162. The van der Waals surface area contributed by atoms with Crippen LogP contribution in [0, 0.1) is 0 Å². The highest BCUT2D eigenvalue weighted by Crippen LogP contribution is 2.32. The van der Waals surface area contributed by atoms with E-state index < -0.39 is 5.67 Å². The number of rotatable bonds is 1. The third-order valence-electron chi connectivity index (χ3n) is 2.89. The zero-order valence-corrected chi connectivity index (χ0v) is 8.65. The Morgan fingerprint density at radius 2 is 2.00 bits per heavy atom. The van der Waals surface area contributed by atoms with Crippen LogP contribution in [0.1, 0.15) is 40.5 Å². The summed E-state index contributed by atoms with van der Waals surface area (Å²) in [5.41, 5.74) is -0.781. The summed E-state index contributed by atoms with van der Waals surface area (Å²) in [6.07, 6.45) is 1.36. The highest BCUT2D eigenvalue weighted by molar-refractivity contribution is 4.94. The lowest BCUT2D eigenvalue weighted by atomic mass is 10.0. The van der Waals surface area contributed by atoms with Crippen LogP contribution in [0.2, 0.25) is 0 Å². The standard InChI is InChI=1S/C10H20FN/c1-5-10(11)6-7-12(8-10)9(2,3)4/h5-8H2,1-4H3. The second-order valence-corrected chi connectivity index (χ2v) is 4.85. The van der Waals surface area contributed by atoms with Crippen LogP contribution in [0.25, 0.3) is 0 Å². The van der Waals surface area contributed by atoms with Gasteiger partial charge in [0.15, 0.2) is 0 Å². The first kappa shape index (κ1) is 9.97. The molecule has 0 amide bonds. The van der Waals surface area contributed by atoms with Gasteiger partial charge >= 0.3 is 0 Å². The first-order valence-corrected chi connectivity index (χ1v) is 4.81. The van der Waals surface area contributed by atoms with Gasteiger partial charge in [-0.25, -0.2) is 4.39 Å². The summed E-state index contributed by atoms with van der Waals surface area (Å²) in [7, 11) is 0. The maximum absolute atomic E-state index is 13.8. The van der Waals surface area contributed by atoms with E-state index >= 15 is 0 Å². The molecule has 0 saturated carbocycles. The Balaban J connectivity index is 2.57. The molecule has 72 valence electrons. The second kappa shape index (κ2) is 2.99. The predicted molar refractivity (Wildman–Crippen MR) is 50.1 cm³/mol. The Kier molecular flexibility index (Phi) is 2.48. The third-order valence-corrected chi connectivity index (χ3v) is 2.89. The molecule has 2 heteroatoms. The molecule has 0 aromatic heterocycles. The SMILES string of the molecule is CCC1(F)CCN(C(C)(C)C)C1. The lowest BCUT2D eigenvalue weighted by Crippen LogP contribution is -2.41. The Hall–Kier alpha value is -0.110. The van der Waals surface area contributed by atoms with E-state index in [0.717, 1.165) is 6.54 Å². The van der Waals surface area contributed by atoms with Crippen molar-refractivity contribution < 1.29 is 4.39 Å². The van der Waals surface area contributed by atoms with E-state index in [0.29, 0.717) is 19.4 Å². The number of halogens is 1. The van der Waals surface area contributed by atoms with E-state index in [1.54, 1.807) is 0 Å². The van der Waals surface area contributed by atoms with Crippen molar-refractivity contribution in [2.75, 3.05) is 13.1 Å². The van der Waals surface area contributed by atoms with Gasteiger partial charge < -0.3 is 0 Å². The van der Waals surface area contributed by atoms with Gasteiger partial charge in [0.05, 0.1) is 0 Å². The van der Waals surface area contributed by atoms with Gasteiger partial charge in [0.1, 0.15) is 5.67 Å². The number of nitrogens with zero attached hydrogens (tertiary/aromatic N) is 1. The highest BCUT2D eigenvalue weighted by Gasteiger charge is 2.40. The van der Waals surface area contributed by atoms with Gasteiger partial charge in [-0.1, -0.05) is 6.92 Å². The van der Waals surface area contributed by atoms with Crippen molar-refractivity contribution in [1.82, 2.24) is 4.90 Å². The van der Waals surface area contributed by atoms with Crippen LogP contribution in [-0.4, -0.2) is 29.2 Å². The van der Waals surface area contributed by atoms with Gasteiger partial charge in [-0.2, -0.15) is 0 Å². The molecule has 0 aromatic rings. The molecule has 0 bridgehead atoms. The van der Waals surface area contributed by atoms with E-state index in [2.05, 4.69) is 25.7 Å². The molecular formula is C10H20FN. The molecule has 0 aromatic carbocycles. The van der Waals surface area contributed by atoms with Gasteiger partial charge in [-0.15, -0.1) is 0 Å². The van der Waals surface area contributed by atoms with Crippen LogP contribution in [0.3, 0.4) is 0 Å². The highest BCUT2D eigenvalue weighted by atomic mass is 19.1. The summed E-state index contributed by atoms with van der Waals surface area (Å²) in [4.78, 5) is 2.23. The Morgan fingerprint density at radius 1 is 1.42 bits per heavy atom. The topological polar surface area (TPSA) is 3.24 Å². The van der Waals surface area contributed by atoms with Gasteiger partial charge in [-0.3, -0.25) is 4.90 Å². The molecule has 1 heterocycles. The van der Waals surface area contributed by atoms with Crippen LogP contribution in [0.5, 0.6) is 0 Å². The van der Waals surface area contributed by atoms with Gasteiger partial charge in [0.2, 0.25) is 0 Å². The number of hydrogen-bond donors (Lipinski definition) is 0. The van der Waals surface area contributed by atoms with E-state index in [1.165, 1.54) is 0 Å². The third kappa shape index (κ3) is 1.98. The fourth-order valence-corrected chi connectivity index (χ4v) is 1.70. The largest absolute Gasteiger partial charge is 0.295 e. The predicted octanol–water partition coefficient (Wildman–Crippen LogP) is 2.61. The van der Waals surface area contributed by atoms with E-state index in [9.17, 15) is 4.39 Å². The molecule has 0 N–H and O–H groups in total. The van der Waals surface area contributed by atoms with Crippen molar-refractivity contribution in [3.63, 3.8) is 0 Å². The molecule has 1 atom stereocenters. The number of hydrogen-bond acceptors (Lipinski definition) is 1. The molecule has 0 spiro atoms. The monoisotopic (exact) mass is 173 g/mol. The van der Waals surface area contributed by atoms with Crippen molar-refractivity contribution in [2.45, 2.75) is 51.7 Å². The molecule has 0 aliphatic carbocycles. The van der Waals surface area contributed by atoms with Crippen LogP contribution in [0.15, 0.2) is 0 Å². The van der Waals surface area contributed by atoms with E-state index in [-0.39, 0.29) is 5.54 Å². The van der Waals surface area contributed by atoms with Gasteiger partial charge in [-0.05, 0) is 33.6 Å². The normalized spacial score (nSPS) is 32.8. The van der Waals surface area contributed by atoms with Crippen molar-refractivity contribution in [1.29, 1.82) is 0 Å². The summed E-state index contributed by atoms with van der Waals surface area (Å²) in [5.74, 6) is 0. The summed E-state index contributed by atoms with van der Waals surface area (Å²) in [6, 6.07) is 0. The van der Waals surface area contributed by atoms with Crippen molar-refractivity contribution in [2.24, 2.45) is 0 Å². The number of likely N-dealkylation sites (tertiary alicyclic amines) is 1. The number of alkyl halides is 1. The van der Waals surface area contributed by atoms with Gasteiger partial charge in [0, 0.05) is 18.6 Å². The summed E-state index contributed by atoms with van der Waals surface area (Å²) in [6.45, 7) is 9.91. The lowest BCUT2D eigenvalue weighted by molar-refractivity contribution is 0.115. The Labute approximate surface area is 74.9 Å². The van der Waals surface area contributed by atoms with Crippen molar-refractivity contribution >= 4 is 0 Å². The minimum absolute atomic E-state index is 0.128. The molecule has 1 fully saturated rings. The van der Waals surface area contributed by atoms with E-state index in [1.807, 2.05) is 6.92 Å². The summed E-state index contributed by atoms with van der Waals surface area (Å²) in [5, 5.41) is 0. The molecule has 1 aliphatic heterocycles. The lowest BCUT2D eigenvalue weighted by Gasteiger charge is -2.32. The molecule has 0 radical (unpaired) electrons. The van der Waals surface area contributed by atoms with Gasteiger partial charge in [0.25, 0.3) is 0 Å². The maximum atomic E-state index is 13.8. The molecule has 1 rings (SSSR count). The zero-order valence-electron chi connectivity index (χ0n) is 8.65. The van der Waals surface area contributed by atoms with Crippen LogP contribution in [-0.2, 0) is 0 Å². The summed E-state index contributed by atoms with van der Waals surface area (Å²) >= 11 is 0. The minimum atomic E-state index is -0.909. The fraction of sp³-hybridized carbons (Fsp3) is 1.00. The summed E-state index contributed by atoms with van der Waals surface area (Å²) < 4.78 is 13.8. The molecule has 12 heavy (non-hydrogen) atoms. The smallest absolute Gasteiger partial charge is 0.124 e. The van der Waals surface area contributed by atoms with Crippen LogP contribution < -0.4 is 0 Å².